The van der Waals surface area contributed by atoms with Crippen LogP contribution in [0.5, 0.6) is 0 Å². The summed E-state index contributed by atoms with van der Waals surface area (Å²) in [6.07, 6.45) is 0. The Bertz CT molecular complexity index is 357. The minimum Gasteiger partial charge on any atom is -0.429 e. The first kappa shape index (κ1) is 13.6. The number of nitrogens with one attached hydrogen (secondary N) is 2. The van der Waals surface area contributed by atoms with Crippen LogP contribution in [0.4, 0.5) is 0 Å². The zero-order valence-corrected chi connectivity index (χ0v) is 11.6. The fourth-order valence-electron chi connectivity index (χ4n) is 1.03. The number of hydrogen-bond acceptors (Lipinski definition) is 4. The van der Waals surface area contributed by atoms with Crippen molar-refractivity contribution in [2.75, 3.05) is 19.3 Å². The van der Waals surface area contributed by atoms with Crippen LogP contribution in [0.3, 0.4) is 0 Å². The van der Waals surface area contributed by atoms with Gasteiger partial charge in [-0.3, -0.25) is 0 Å². The highest BCUT2D eigenvalue weighted by Gasteiger charge is 2.07. The van der Waals surface area contributed by atoms with Crippen molar-refractivity contribution in [1.29, 1.82) is 0 Å². The van der Waals surface area contributed by atoms with E-state index in [4.69, 9.17) is 28.2 Å². The lowest BCUT2D eigenvalue weighted by Gasteiger charge is -2.05. The quantitative estimate of drug-likeness (QED) is 0.635. The third-order valence-corrected chi connectivity index (χ3v) is 3.37. The Morgan fingerprint density at radius 3 is 2.94 bits per heavy atom. The smallest absolute Gasteiger partial charge is 0.217 e. The van der Waals surface area contributed by atoms with Crippen molar-refractivity contribution < 1.29 is 4.42 Å². The zero-order valence-electron chi connectivity index (χ0n) is 9.17. The number of aryl methyl sites for hydroxylation is 1. The van der Waals surface area contributed by atoms with Gasteiger partial charge in [-0.05, 0) is 23.8 Å². The summed E-state index contributed by atoms with van der Waals surface area (Å²) in [5, 5.41) is 6.96. The summed E-state index contributed by atoms with van der Waals surface area (Å²) < 4.78 is 5.12. The lowest BCUT2D eigenvalue weighted by atomic mass is 10.6. The molecule has 1 rings (SSSR count). The molecule has 0 saturated carbocycles. The Balaban J connectivity index is 2.16. The van der Waals surface area contributed by atoms with Crippen LogP contribution in [0.15, 0.2) is 4.42 Å². The third kappa shape index (κ3) is 4.59. The van der Waals surface area contributed by atoms with Gasteiger partial charge in [-0.1, -0.05) is 0 Å². The molecule has 4 nitrogen and oxygen atoms in total. The van der Waals surface area contributed by atoms with Gasteiger partial charge in [0.2, 0.25) is 5.22 Å². The van der Waals surface area contributed by atoms with Crippen LogP contribution in [0.2, 0.25) is 5.22 Å². The maximum absolute atomic E-state index is 5.84. The summed E-state index contributed by atoms with van der Waals surface area (Å²) in [5.74, 6) is 2.30. The molecule has 0 saturated heterocycles. The molecule has 7 heteroatoms. The monoisotopic (exact) mass is 279 g/mol. The molecule has 1 heterocycles. The molecule has 0 unspecified atom stereocenters. The summed E-state index contributed by atoms with van der Waals surface area (Å²) in [7, 11) is 1.79. The normalized spacial score (nSPS) is 10.2. The molecule has 0 amide bonds. The Morgan fingerprint density at radius 1 is 1.62 bits per heavy atom. The van der Waals surface area contributed by atoms with Gasteiger partial charge in [-0.2, -0.15) is 11.8 Å². The van der Waals surface area contributed by atoms with E-state index in [1.807, 2.05) is 0 Å². The average molecular weight is 280 g/mol. The molecule has 1 aromatic heterocycles. The maximum atomic E-state index is 5.84. The molecule has 0 fully saturated rings. The van der Waals surface area contributed by atoms with Crippen LogP contribution in [-0.2, 0) is 5.75 Å². The molecule has 1 aromatic rings. The lowest BCUT2D eigenvalue weighted by Crippen LogP contribution is -2.33. The lowest BCUT2D eigenvalue weighted by molar-refractivity contribution is 0.523. The molecule has 0 aliphatic heterocycles. The molecule has 2 N–H and O–H groups in total. The van der Waals surface area contributed by atoms with E-state index in [9.17, 15) is 0 Å². The zero-order chi connectivity index (χ0) is 12.0. The number of hydrogen-bond donors (Lipinski definition) is 2. The van der Waals surface area contributed by atoms with E-state index in [1.165, 1.54) is 0 Å². The highest BCUT2D eigenvalue weighted by atomic mass is 35.5. The van der Waals surface area contributed by atoms with Crippen molar-refractivity contribution in [1.82, 2.24) is 15.6 Å². The fraction of sp³-hybridized carbons (Fsp3) is 0.556. The Kier molecular flexibility index (Phi) is 5.94. The first-order valence-corrected chi connectivity index (χ1v) is 6.72. The van der Waals surface area contributed by atoms with Gasteiger partial charge >= 0.3 is 0 Å². The van der Waals surface area contributed by atoms with Crippen molar-refractivity contribution in [3.05, 3.63) is 16.8 Å². The van der Waals surface area contributed by atoms with Gasteiger partial charge in [-0.25, -0.2) is 4.98 Å². The number of thiocarbonyl (C=S) groups is 1. The van der Waals surface area contributed by atoms with Crippen molar-refractivity contribution in [2.45, 2.75) is 12.7 Å². The molecule has 0 aromatic carbocycles. The topological polar surface area (TPSA) is 50.1 Å². The van der Waals surface area contributed by atoms with E-state index in [0.29, 0.717) is 16.2 Å². The summed E-state index contributed by atoms with van der Waals surface area (Å²) in [6, 6.07) is 0. The molecule has 16 heavy (non-hydrogen) atoms. The molecule has 90 valence electrons. The van der Waals surface area contributed by atoms with E-state index in [1.54, 1.807) is 25.7 Å². The predicted octanol–water partition coefficient (Wildman–Crippen LogP) is 1.96. The van der Waals surface area contributed by atoms with Crippen molar-refractivity contribution in [3.8, 4) is 0 Å². The van der Waals surface area contributed by atoms with Crippen molar-refractivity contribution in [3.63, 3.8) is 0 Å². The van der Waals surface area contributed by atoms with Gasteiger partial charge in [0.1, 0.15) is 5.69 Å². The average Bonchev–Trinajstić information content (AvgIpc) is 2.56. The van der Waals surface area contributed by atoms with E-state index in [-0.39, 0.29) is 0 Å². The minimum absolute atomic E-state index is 0.392. The van der Waals surface area contributed by atoms with Crippen LogP contribution < -0.4 is 10.6 Å². The summed E-state index contributed by atoms with van der Waals surface area (Å²) in [5.41, 5.74) is 0.806. The second kappa shape index (κ2) is 6.98. The van der Waals surface area contributed by atoms with Crippen LogP contribution in [0.1, 0.15) is 11.6 Å². The van der Waals surface area contributed by atoms with Gasteiger partial charge in [0.25, 0.3) is 0 Å². The maximum Gasteiger partial charge on any atom is 0.217 e. The summed E-state index contributed by atoms with van der Waals surface area (Å²) >= 11 is 12.5. The third-order valence-electron chi connectivity index (χ3n) is 1.75. The molecular formula is C9H14ClN3OS2. The first-order chi connectivity index (χ1) is 7.63. The van der Waals surface area contributed by atoms with E-state index >= 15 is 0 Å². The van der Waals surface area contributed by atoms with Gasteiger partial charge in [0.15, 0.2) is 11.0 Å². The first-order valence-electron chi connectivity index (χ1n) is 4.78. The second-order valence-corrected chi connectivity index (χ2v) is 4.87. The number of oxazole rings is 1. The fourth-order valence-corrected chi connectivity index (χ4v) is 2.21. The largest absolute Gasteiger partial charge is 0.429 e. The van der Waals surface area contributed by atoms with E-state index in [0.717, 1.165) is 23.7 Å². The number of aromatic nitrogens is 1. The van der Waals surface area contributed by atoms with E-state index in [2.05, 4.69) is 15.6 Å². The SMILES string of the molecule is CNC(=S)NCCSCc1nc(C)oc1Cl. The number of thioether (sulfide) groups is 1. The Labute approximate surface area is 110 Å². The summed E-state index contributed by atoms with van der Waals surface area (Å²) in [6.45, 7) is 2.60. The number of rotatable bonds is 5. The van der Waals surface area contributed by atoms with Crippen molar-refractivity contribution in [2.24, 2.45) is 0 Å². The molecule has 0 spiro atoms. The molecule has 0 aliphatic rings. The summed E-state index contributed by atoms with van der Waals surface area (Å²) in [4.78, 5) is 4.18. The molecule has 0 aliphatic carbocycles. The molecule has 0 radical (unpaired) electrons. The van der Waals surface area contributed by atoms with Crippen molar-refractivity contribution >= 4 is 40.7 Å². The molecule has 0 atom stereocenters. The van der Waals surface area contributed by atoms with Gasteiger partial charge in [0.05, 0.1) is 0 Å². The predicted molar refractivity (Wildman–Crippen MR) is 72.1 cm³/mol. The standard InChI is InChI=1S/C9H14ClN3OS2/c1-6-13-7(8(10)14-6)5-16-4-3-12-9(15)11-2/h3-5H2,1-2H3,(H2,11,12,15). The van der Waals surface area contributed by atoms with Gasteiger partial charge in [-0.15, -0.1) is 0 Å². The highest BCUT2D eigenvalue weighted by Crippen LogP contribution is 2.21. The van der Waals surface area contributed by atoms with Crippen LogP contribution in [0.25, 0.3) is 0 Å². The molecule has 0 bridgehead atoms. The second-order valence-electron chi connectivity index (χ2n) is 3.01. The highest BCUT2D eigenvalue weighted by molar-refractivity contribution is 7.98. The van der Waals surface area contributed by atoms with Crippen LogP contribution in [-0.4, -0.2) is 29.4 Å². The van der Waals surface area contributed by atoms with Crippen LogP contribution >= 0.6 is 35.6 Å². The number of nitrogens with zero attached hydrogens (tertiary/aromatic N) is 1. The molecular weight excluding hydrogens is 266 g/mol. The Morgan fingerprint density at radius 2 is 2.38 bits per heavy atom. The van der Waals surface area contributed by atoms with Gasteiger partial charge < -0.3 is 15.1 Å². The van der Waals surface area contributed by atoms with Crippen LogP contribution in [0, 0.1) is 6.92 Å². The number of halogens is 1. The van der Waals surface area contributed by atoms with Gasteiger partial charge in [0, 0.05) is 32.0 Å². The minimum atomic E-state index is 0.392. The Hall–Kier alpha value is -0.460. The van der Waals surface area contributed by atoms with E-state index < -0.39 is 0 Å².